The van der Waals surface area contributed by atoms with Gasteiger partial charge in [-0.15, -0.1) is 0 Å². The summed E-state index contributed by atoms with van der Waals surface area (Å²) < 4.78 is 39.6. The van der Waals surface area contributed by atoms with Gasteiger partial charge in [0.2, 0.25) is 0 Å². The van der Waals surface area contributed by atoms with Gasteiger partial charge < -0.3 is 5.32 Å². The van der Waals surface area contributed by atoms with Crippen LogP contribution in [0.3, 0.4) is 0 Å². The smallest absolute Gasteiger partial charge is 0.369 e. The van der Waals surface area contributed by atoms with Crippen LogP contribution in [0.15, 0.2) is 48.5 Å². The maximum Gasteiger partial charge on any atom is 0.412 e. The van der Waals surface area contributed by atoms with E-state index < -0.39 is 12.2 Å². The Labute approximate surface area is 124 Å². The van der Waals surface area contributed by atoms with E-state index in [1.165, 1.54) is 30.3 Å². The molecular weight excluding hydrogens is 310 g/mol. The monoisotopic (exact) mass is 319 g/mol. The molecule has 2 aromatic carbocycles. The molecule has 2 rings (SSSR count). The summed E-state index contributed by atoms with van der Waals surface area (Å²) in [6, 6.07) is 10.2. The summed E-state index contributed by atoms with van der Waals surface area (Å²) >= 11 is 11.7. The Morgan fingerprint density at radius 1 is 0.900 bits per heavy atom. The molecule has 0 saturated heterocycles. The van der Waals surface area contributed by atoms with Crippen molar-refractivity contribution in [3.8, 4) is 0 Å². The average molecular weight is 320 g/mol. The number of halogens is 5. The maximum absolute atomic E-state index is 13.2. The number of hydrogen-bond acceptors (Lipinski definition) is 1. The minimum Gasteiger partial charge on any atom is -0.369 e. The normalized spacial score (nSPS) is 13.1. The second-order valence-electron chi connectivity index (χ2n) is 4.13. The first kappa shape index (κ1) is 15.0. The Bertz CT molecular complexity index is 585. The van der Waals surface area contributed by atoms with E-state index in [9.17, 15) is 13.2 Å². The molecule has 0 spiro atoms. The molecule has 0 aromatic heterocycles. The first-order valence-electron chi connectivity index (χ1n) is 5.72. The highest BCUT2D eigenvalue weighted by Gasteiger charge is 2.41. The van der Waals surface area contributed by atoms with E-state index in [0.29, 0.717) is 0 Å². The highest BCUT2D eigenvalue weighted by molar-refractivity contribution is 6.43. The topological polar surface area (TPSA) is 12.0 Å². The number of benzene rings is 2. The molecule has 0 bridgehead atoms. The van der Waals surface area contributed by atoms with Gasteiger partial charge in [-0.05, 0) is 17.7 Å². The molecule has 1 N–H and O–H groups in total. The Morgan fingerprint density at radius 3 is 2.15 bits per heavy atom. The summed E-state index contributed by atoms with van der Waals surface area (Å²) in [7, 11) is 0. The molecule has 0 radical (unpaired) electrons. The van der Waals surface area contributed by atoms with Crippen molar-refractivity contribution < 1.29 is 13.2 Å². The average Bonchev–Trinajstić information content (AvgIpc) is 2.40. The third-order valence-corrected chi connectivity index (χ3v) is 3.53. The molecule has 2 aromatic rings. The van der Waals surface area contributed by atoms with Crippen LogP contribution in [0, 0.1) is 0 Å². The quantitative estimate of drug-likeness (QED) is 0.764. The van der Waals surface area contributed by atoms with Crippen molar-refractivity contribution in [2.45, 2.75) is 12.2 Å². The summed E-state index contributed by atoms with van der Waals surface area (Å²) in [6.07, 6.45) is -4.45. The molecule has 0 aliphatic heterocycles. The van der Waals surface area contributed by atoms with Crippen LogP contribution in [0.5, 0.6) is 0 Å². The number of alkyl halides is 3. The molecule has 0 saturated carbocycles. The van der Waals surface area contributed by atoms with Crippen LogP contribution in [0.4, 0.5) is 18.9 Å². The van der Waals surface area contributed by atoms with Crippen LogP contribution in [0.2, 0.25) is 10.0 Å². The second kappa shape index (κ2) is 5.94. The summed E-state index contributed by atoms with van der Waals surface area (Å²) in [4.78, 5) is 0. The Kier molecular flexibility index (Phi) is 4.45. The van der Waals surface area contributed by atoms with Crippen LogP contribution in [0.25, 0.3) is 0 Å². The molecule has 20 heavy (non-hydrogen) atoms. The van der Waals surface area contributed by atoms with Crippen molar-refractivity contribution in [3.05, 3.63) is 64.1 Å². The summed E-state index contributed by atoms with van der Waals surface area (Å²) in [6.45, 7) is 0. The van der Waals surface area contributed by atoms with Crippen LogP contribution in [-0.4, -0.2) is 6.18 Å². The van der Waals surface area contributed by atoms with Crippen molar-refractivity contribution in [2.75, 3.05) is 5.32 Å². The van der Waals surface area contributed by atoms with Gasteiger partial charge in [0.15, 0.2) is 0 Å². The molecule has 1 unspecified atom stereocenters. The summed E-state index contributed by atoms with van der Waals surface area (Å²) in [5.74, 6) is 0. The SMILES string of the molecule is FC(F)(F)C(Nc1cccc(Cl)c1Cl)c1ccccc1. The van der Waals surface area contributed by atoms with Gasteiger partial charge in [0.05, 0.1) is 15.7 Å². The first-order chi connectivity index (χ1) is 9.39. The number of nitrogens with one attached hydrogen (secondary N) is 1. The van der Waals surface area contributed by atoms with Crippen LogP contribution >= 0.6 is 23.2 Å². The number of hydrogen-bond donors (Lipinski definition) is 1. The van der Waals surface area contributed by atoms with E-state index in [2.05, 4.69) is 5.32 Å². The molecule has 0 fully saturated rings. The van der Waals surface area contributed by atoms with Gasteiger partial charge in [0, 0.05) is 0 Å². The lowest BCUT2D eigenvalue weighted by molar-refractivity contribution is -0.144. The molecular formula is C14H10Cl2F3N. The van der Waals surface area contributed by atoms with Gasteiger partial charge in [-0.3, -0.25) is 0 Å². The Balaban J connectivity index is 2.37. The molecule has 0 amide bonds. The standard InChI is InChI=1S/C14H10Cl2F3N/c15-10-7-4-8-11(12(10)16)20-13(14(17,18)19)9-5-2-1-3-6-9/h1-8,13,20H. The maximum atomic E-state index is 13.2. The van der Waals surface area contributed by atoms with Crippen molar-refractivity contribution in [3.63, 3.8) is 0 Å². The molecule has 0 aliphatic carbocycles. The van der Waals surface area contributed by atoms with E-state index in [4.69, 9.17) is 23.2 Å². The lowest BCUT2D eigenvalue weighted by Gasteiger charge is -2.23. The van der Waals surface area contributed by atoms with E-state index in [1.807, 2.05) is 0 Å². The zero-order valence-electron chi connectivity index (χ0n) is 10.1. The lowest BCUT2D eigenvalue weighted by atomic mass is 10.1. The summed E-state index contributed by atoms with van der Waals surface area (Å²) in [5.41, 5.74) is 0.251. The Hall–Kier alpha value is -1.39. The molecule has 1 nitrogen and oxygen atoms in total. The van der Waals surface area contributed by atoms with Crippen LogP contribution < -0.4 is 5.32 Å². The largest absolute Gasteiger partial charge is 0.412 e. The zero-order valence-corrected chi connectivity index (χ0v) is 11.6. The number of rotatable bonds is 3. The molecule has 0 aliphatic rings. The van der Waals surface area contributed by atoms with Gasteiger partial charge >= 0.3 is 6.18 Å². The summed E-state index contributed by atoms with van der Waals surface area (Å²) in [5, 5.41) is 2.67. The van der Waals surface area contributed by atoms with Crippen molar-refractivity contribution in [1.29, 1.82) is 0 Å². The van der Waals surface area contributed by atoms with Gasteiger partial charge in [0.25, 0.3) is 0 Å². The third-order valence-electron chi connectivity index (χ3n) is 2.71. The predicted octanol–water partition coefficient (Wildman–Crippen LogP) is 5.71. The van der Waals surface area contributed by atoms with Gasteiger partial charge in [-0.25, -0.2) is 0 Å². The minimum absolute atomic E-state index is 0.0688. The van der Waals surface area contributed by atoms with Crippen molar-refractivity contribution in [1.82, 2.24) is 0 Å². The van der Waals surface area contributed by atoms with E-state index >= 15 is 0 Å². The molecule has 1 atom stereocenters. The Morgan fingerprint density at radius 2 is 1.55 bits per heavy atom. The van der Waals surface area contributed by atoms with Crippen molar-refractivity contribution >= 4 is 28.9 Å². The first-order valence-corrected chi connectivity index (χ1v) is 6.47. The highest BCUT2D eigenvalue weighted by Crippen LogP contribution is 2.38. The van der Waals surface area contributed by atoms with Crippen LogP contribution in [0.1, 0.15) is 11.6 Å². The highest BCUT2D eigenvalue weighted by atomic mass is 35.5. The third kappa shape index (κ3) is 3.38. The number of anilines is 1. The van der Waals surface area contributed by atoms with Crippen LogP contribution in [-0.2, 0) is 0 Å². The second-order valence-corrected chi connectivity index (χ2v) is 4.92. The molecule has 0 heterocycles. The molecule has 106 valence electrons. The zero-order chi connectivity index (χ0) is 14.8. The fourth-order valence-corrected chi connectivity index (χ4v) is 2.13. The van der Waals surface area contributed by atoms with Gasteiger partial charge in [-0.2, -0.15) is 13.2 Å². The van der Waals surface area contributed by atoms with E-state index in [1.54, 1.807) is 18.2 Å². The molecule has 6 heteroatoms. The fourth-order valence-electron chi connectivity index (χ4n) is 1.77. The van der Waals surface area contributed by atoms with E-state index in [0.717, 1.165) is 0 Å². The fraction of sp³-hybridized carbons (Fsp3) is 0.143. The van der Waals surface area contributed by atoms with Crippen molar-refractivity contribution in [2.24, 2.45) is 0 Å². The van der Waals surface area contributed by atoms with Gasteiger partial charge in [-0.1, -0.05) is 59.6 Å². The minimum atomic E-state index is -4.45. The van der Waals surface area contributed by atoms with Gasteiger partial charge in [0.1, 0.15) is 6.04 Å². The predicted molar refractivity (Wildman–Crippen MR) is 75.3 cm³/mol. The lowest BCUT2D eigenvalue weighted by Crippen LogP contribution is -2.28. The van der Waals surface area contributed by atoms with E-state index in [-0.39, 0.29) is 21.3 Å².